The van der Waals surface area contributed by atoms with Crippen LogP contribution in [0.2, 0.25) is 0 Å². The Morgan fingerprint density at radius 3 is 2.53 bits per heavy atom. The predicted octanol–water partition coefficient (Wildman–Crippen LogP) is 2.97. The summed E-state index contributed by atoms with van der Waals surface area (Å²) >= 11 is 0. The molecule has 0 saturated heterocycles. The quantitative estimate of drug-likeness (QED) is 0.429. The van der Waals surface area contributed by atoms with Crippen LogP contribution in [0.1, 0.15) is 11.4 Å². The molecule has 3 aromatic rings. The summed E-state index contributed by atoms with van der Waals surface area (Å²) in [4.78, 5) is 24.3. The summed E-state index contributed by atoms with van der Waals surface area (Å²) in [5.41, 5.74) is 7.25. The van der Waals surface area contributed by atoms with Crippen LogP contribution in [0.25, 0.3) is 6.08 Å². The fourth-order valence-electron chi connectivity index (χ4n) is 2.49. The normalized spacial score (nSPS) is 10.6. The molecule has 0 fully saturated rings. The molecule has 0 radical (unpaired) electrons. The van der Waals surface area contributed by atoms with Crippen LogP contribution in [0, 0.1) is 0 Å². The lowest BCUT2D eigenvalue weighted by Gasteiger charge is -2.10. The van der Waals surface area contributed by atoms with Crippen molar-refractivity contribution < 1.29 is 19.0 Å². The van der Waals surface area contributed by atoms with E-state index in [-0.39, 0.29) is 24.3 Å². The van der Waals surface area contributed by atoms with E-state index < -0.39 is 5.97 Å². The second-order valence-electron chi connectivity index (χ2n) is 5.97. The van der Waals surface area contributed by atoms with Crippen molar-refractivity contribution in [2.24, 2.45) is 0 Å². The standard InChI is InChI=1S/C21H21N5O4/c1-28-15-10-7-14(8-11-15)9-12-19(27)30-13-18-24-20(22)26-21(25-18)23-16-5-3-4-6-17(16)29-2/h3-12H,13H2,1-2H3,(H3,22,23,24,25,26)/b12-9+. The molecular formula is C21H21N5O4. The van der Waals surface area contributed by atoms with Crippen LogP contribution in [0.4, 0.5) is 17.6 Å². The number of nitrogens with two attached hydrogens (primary N) is 1. The number of nitrogens with one attached hydrogen (secondary N) is 1. The Morgan fingerprint density at radius 2 is 1.80 bits per heavy atom. The minimum absolute atomic E-state index is 0.00206. The van der Waals surface area contributed by atoms with Crippen LogP contribution in [-0.4, -0.2) is 35.1 Å². The number of hydrogen-bond acceptors (Lipinski definition) is 9. The van der Waals surface area contributed by atoms with E-state index in [2.05, 4.69) is 20.3 Å². The zero-order valence-electron chi connectivity index (χ0n) is 16.5. The number of carbonyl (C=O) groups is 1. The van der Waals surface area contributed by atoms with Crippen LogP contribution in [-0.2, 0) is 16.1 Å². The first kappa shape index (κ1) is 20.6. The molecular weight excluding hydrogens is 386 g/mol. The van der Waals surface area contributed by atoms with Crippen molar-refractivity contribution >= 4 is 29.6 Å². The summed E-state index contributed by atoms with van der Waals surface area (Å²) in [6.45, 7) is -0.154. The zero-order chi connectivity index (χ0) is 21.3. The number of nitrogens with zero attached hydrogens (tertiary/aromatic N) is 3. The highest BCUT2D eigenvalue weighted by atomic mass is 16.5. The molecule has 0 aliphatic carbocycles. The molecule has 3 N–H and O–H groups in total. The summed E-state index contributed by atoms with van der Waals surface area (Å²) < 4.78 is 15.6. The smallest absolute Gasteiger partial charge is 0.331 e. The highest BCUT2D eigenvalue weighted by molar-refractivity contribution is 5.87. The van der Waals surface area contributed by atoms with Crippen LogP contribution in [0.5, 0.6) is 11.5 Å². The van der Waals surface area contributed by atoms with Gasteiger partial charge in [0.25, 0.3) is 0 Å². The van der Waals surface area contributed by atoms with Crippen LogP contribution in [0.3, 0.4) is 0 Å². The number of nitrogen functional groups attached to an aromatic ring is 1. The van der Waals surface area contributed by atoms with Gasteiger partial charge >= 0.3 is 5.97 Å². The molecule has 0 spiro atoms. The van der Waals surface area contributed by atoms with Gasteiger partial charge in [-0.05, 0) is 35.9 Å². The minimum Gasteiger partial charge on any atom is -0.497 e. The van der Waals surface area contributed by atoms with Gasteiger partial charge in [-0.15, -0.1) is 0 Å². The molecule has 2 aromatic carbocycles. The molecule has 0 aliphatic rings. The number of hydrogen-bond donors (Lipinski definition) is 2. The van der Waals surface area contributed by atoms with Crippen molar-refractivity contribution in [3.63, 3.8) is 0 Å². The minimum atomic E-state index is -0.538. The topological polar surface area (TPSA) is 121 Å². The van der Waals surface area contributed by atoms with Crippen molar-refractivity contribution in [1.82, 2.24) is 15.0 Å². The summed E-state index contributed by atoms with van der Waals surface area (Å²) in [7, 11) is 3.15. The zero-order valence-corrected chi connectivity index (χ0v) is 16.5. The van der Waals surface area contributed by atoms with Crippen LogP contribution in [0.15, 0.2) is 54.6 Å². The van der Waals surface area contributed by atoms with E-state index in [0.29, 0.717) is 11.4 Å². The number of aromatic nitrogens is 3. The first-order chi connectivity index (χ1) is 14.6. The summed E-state index contributed by atoms with van der Waals surface area (Å²) in [6.07, 6.45) is 2.96. The molecule has 0 bridgehead atoms. The molecule has 0 saturated carbocycles. The molecule has 1 aromatic heterocycles. The van der Waals surface area contributed by atoms with E-state index in [1.165, 1.54) is 6.08 Å². The highest BCUT2D eigenvalue weighted by Crippen LogP contribution is 2.25. The van der Waals surface area contributed by atoms with Crippen molar-refractivity contribution in [1.29, 1.82) is 0 Å². The molecule has 9 heteroatoms. The number of anilines is 3. The number of rotatable bonds is 8. The first-order valence-corrected chi connectivity index (χ1v) is 8.96. The van der Waals surface area contributed by atoms with Gasteiger partial charge in [0, 0.05) is 6.08 Å². The molecule has 30 heavy (non-hydrogen) atoms. The molecule has 1 heterocycles. The average molecular weight is 407 g/mol. The van der Waals surface area contributed by atoms with Gasteiger partial charge < -0.3 is 25.3 Å². The molecule has 154 valence electrons. The van der Waals surface area contributed by atoms with Crippen molar-refractivity contribution in [2.75, 3.05) is 25.3 Å². The van der Waals surface area contributed by atoms with Gasteiger partial charge in [0.1, 0.15) is 11.5 Å². The van der Waals surface area contributed by atoms with E-state index >= 15 is 0 Å². The third-order valence-corrected chi connectivity index (χ3v) is 3.92. The number of para-hydroxylation sites is 2. The summed E-state index contributed by atoms with van der Waals surface area (Å²) in [6, 6.07) is 14.5. The molecule has 0 aliphatic heterocycles. The highest BCUT2D eigenvalue weighted by Gasteiger charge is 2.09. The van der Waals surface area contributed by atoms with Crippen molar-refractivity contribution in [3.05, 3.63) is 66.0 Å². The van der Waals surface area contributed by atoms with Gasteiger partial charge in [-0.25, -0.2) is 4.79 Å². The van der Waals surface area contributed by atoms with E-state index in [1.54, 1.807) is 38.5 Å². The summed E-state index contributed by atoms with van der Waals surface area (Å²) in [5, 5.41) is 3.02. The fraction of sp³-hybridized carbons (Fsp3) is 0.143. The maximum Gasteiger partial charge on any atom is 0.331 e. The molecule has 0 amide bonds. The monoisotopic (exact) mass is 407 g/mol. The number of carbonyl (C=O) groups excluding carboxylic acids is 1. The van der Waals surface area contributed by atoms with E-state index in [9.17, 15) is 4.79 Å². The van der Waals surface area contributed by atoms with Gasteiger partial charge in [0.15, 0.2) is 12.4 Å². The lowest BCUT2D eigenvalue weighted by molar-refractivity contribution is -0.139. The number of ether oxygens (including phenoxy) is 3. The Morgan fingerprint density at radius 1 is 1.03 bits per heavy atom. The van der Waals surface area contributed by atoms with Gasteiger partial charge in [0.05, 0.1) is 19.9 Å². The van der Waals surface area contributed by atoms with E-state index in [0.717, 1.165) is 11.3 Å². The average Bonchev–Trinajstić information content (AvgIpc) is 2.76. The van der Waals surface area contributed by atoms with Crippen LogP contribution >= 0.6 is 0 Å². The molecule has 9 nitrogen and oxygen atoms in total. The number of esters is 1. The van der Waals surface area contributed by atoms with Gasteiger partial charge in [-0.2, -0.15) is 15.0 Å². The predicted molar refractivity (Wildman–Crippen MR) is 112 cm³/mol. The van der Waals surface area contributed by atoms with Crippen LogP contribution < -0.4 is 20.5 Å². The summed E-state index contributed by atoms with van der Waals surface area (Å²) in [5.74, 6) is 1.25. The third kappa shape index (κ3) is 5.68. The SMILES string of the molecule is COc1ccc(/C=C/C(=O)OCc2nc(N)nc(Nc3ccccc3OC)n2)cc1. The van der Waals surface area contributed by atoms with Gasteiger partial charge in [-0.1, -0.05) is 24.3 Å². The lowest BCUT2D eigenvalue weighted by Crippen LogP contribution is -2.10. The molecule has 0 unspecified atom stereocenters. The Balaban J connectivity index is 1.62. The van der Waals surface area contributed by atoms with Gasteiger partial charge in [0.2, 0.25) is 11.9 Å². The van der Waals surface area contributed by atoms with Gasteiger partial charge in [-0.3, -0.25) is 0 Å². The molecule has 0 atom stereocenters. The fourth-order valence-corrected chi connectivity index (χ4v) is 2.49. The Labute approximate surface area is 173 Å². The second-order valence-corrected chi connectivity index (χ2v) is 5.97. The number of methoxy groups -OCH3 is 2. The third-order valence-electron chi connectivity index (χ3n) is 3.92. The van der Waals surface area contributed by atoms with E-state index in [1.807, 2.05) is 30.3 Å². The second kappa shape index (κ2) is 9.87. The number of benzene rings is 2. The van der Waals surface area contributed by atoms with Crippen molar-refractivity contribution in [3.8, 4) is 11.5 Å². The van der Waals surface area contributed by atoms with Crippen molar-refractivity contribution in [2.45, 2.75) is 6.61 Å². The maximum atomic E-state index is 12.0. The Kier molecular flexibility index (Phi) is 6.78. The maximum absolute atomic E-state index is 12.0. The lowest BCUT2D eigenvalue weighted by atomic mass is 10.2. The van der Waals surface area contributed by atoms with E-state index in [4.69, 9.17) is 19.9 Å². The first-order valence-electron chi connectivity index (χ1n) is 8.96. The largest absolute Gasteiger partial charge is 0.497 e. The Hall–Kier alpha value is -4.14. The molecule has 3 rings (SSSR count). The Bertz CT molecular complexity index is 1040.